The molecule has 0 aromatic heterocycles. The van der Waals surface area contributed by atoms with Crippen molar-refractivity contribution >= 4 is 11.8 Å². The van der Waals surface area contributed by atoms with Crippen molar-refractivity contribution in [3.05, 3.63) is 0 Å². The van der Waals surface area contributed by atoms with Gasteiger partial charge in [-0.15, -0.1) is 0 Å². The molecule has 3 N–H and O–H groups in total. The molecule has 0 bridgehead atoms. The van der Waals surface area contributed by atoms with Crippen LogP contribution in [-0.2, 0) is 9.59 Å². The van der Waals surface area contributed by atoms with Gasteiger partial charge in [-0.1, -0.05) is 6.92 Å². The van der Waals surface area contributed by atoms with Crippen LogP contribution in [0.2, 0.25) is 0 Å². The molecule has 1 aliphatic heterocycles. The fraction of sp³-hybridized carbons (Fsp3) is 0.818. The van der Waals surface area contributed by atoms with Crippen molar-refractivity contribution in [3.63, 3.8) is 0 Å². The van der Waals surface area contributed by atoms with Crippen LogP contribution in [0.5, 0.6) is 0 Å². The van der Waals surface area contributed by atoms with Crippen molar-refractivity contribution in [1.29, 1.82) is 0 Å². The normalized spacial score (nSPS) is 26.9. The summed E-state index contributed by atoms with van der Waals surface area (Å²) in [4.78, 5) is 23.2. The minimum Gasteiger partial charge on any atom is -0.357 e. The SMILES string of the molecule is CNC(=O)C(C)NC(=O)C1NCCCC1C. The van der Waals surface area contributed by atoms with Crippen molar-refractivity contribution < 1.29 is 9.59 Å². The van der Waals surface area contributed by atoms with E-state index >= 15 is 0 Å². The zero-order valence-electron chi connectivity index (χ0n) is 10.2. The zero-order chi connectivity index (χ0) is 12.1. The molecule has 1 saturated heterocycles. The number of carbonyl (C=O) groups excluding carboxylic acids is 2. The molecule has 5 heteroatoms. The van der Waals surface area contributed by atoms with Gasteiger partial charge in [0.25, 0.3) is 0 Å². The smallest absolute Gasteiger partial charge is 0.242 e. The second-order valence-corrected chi connectivity index (χ2v) is 4.40. The van der Waals surface area contributed by atoms with E-state index in [-0.39, 0.29) is 17.9 Å². The quantitative estimate of drug-likeness (QED) is 0.616. The van der Waals surface area contributed by atoms with E-state index < -0.39 is 6.04 Å². The first-order valence-electron chi connectivity index (χ1n) is 5.81. The van der Waals surface area contributed by atoms with Crippen LogP contribution in [0.15, 0.2) is 0 Å². The average molecular weight is 227 g/mol. The highest BCUT2D eigenvalue weighted by molar-refractivity contribution is 5.89. The van der Waals surface area contributed by atoms with E-state index in [0.717, 1.165) is 19.4 Å². The Morgan fingerprint density at radius 2 is 2.12 bits per heavy atom. The summed E-state index contributed by atoms with van der Waals surface area (Å²) in [6.07, 6.45) is 2.16. The Labute approximate surface area is 96.4 Å². The zero-order valence-corrected chi connectivity index (χ0v) is 10.2. The van der Waals surface area contributed by atoms with Crippen LogP contribution >= 0.6 is 0 Å². The minimum absolute atomic E-state index is 0.0803. The fourth-order valence-corrected chi connectivity index (χ4v) is 1.99. The Morgan fingerprint density at radius 3 is 2.69 bits per heavy atom. The van der Waals surface area contributed by atoms with Gasteiger partial charge in [0, 0.05) is 7.05 Å². The molecule has 16 heavy (non-hydrogen) atoms. The number of likely N-dealkylation sites (N-methyl/N-ethyl adjacent to an activating group) is 1. The van der Waals surface area contributed by atoms with Gasteiger partial charge in [-0.25, -0.2) is 0 Å². The molecule has 0 saturated carbocycles. The molecule has 0 aliphatic carbocycles. The molecule has 3 unspecified atom stereocenters. The maximum atomic E-state index is 11.9. The van der Waals surface area contributed by atoms with Crippen LogP contribution in [-0.4, -0.2) is 37.5 Å². The number of rotatable bonds is 3. The highest BCUT2D eigenvalue weighted by Gasteiger charge is 2.28. The summed E-state index contributed by atoms with van der Waals surface area (Å²) in [6, 6.07) is -0.644. The molecule has 92 valence electrons. The molecule has 0 aromatic rings. The van der Waals surface area contributed by atoms with Crippen molar-refractivity contribution in [3.8, 4) is 0 Å². The second kappa shape index (κ2) is 5.84. The summed E-state index contributed by atoms with van der Waals surface area (Å²) in [7, 11) is 1.56. The summed E-state index contributed by atoms with van der Waals surface area (Å²) in [5.41, 5.74) is 0. The van der Waals surface area contributed by atoms with Gasteiger partial charge in [0.2, 0.25) is 11.8 Å². The average Bonchev–Trinajstić information content (AvgIpc) is 2.28. The molecule has 5 nitrogen and oxygen atoms in total. The Bertz CT molecular complexity index is 268. The number of hydrogen-bond donors (Lipinski definition) is 3. The molecule has 1 aliphatic rings. The number of piperidine rings is 1. The van der Waals surface area contributed by atoms with Crippen molar-refractivity contribution in [2.24, 2.45) is 5.92 Å². The minimum atomic E-state index is -0.478. The lowest BCUT2D eigenvalue weighted by Gasteiger charge is -2.29. The lowest BCUT2D eigenvalue weighted by Crippen LogP contribution is -2.55. The van der Waals surface area contributed by atoms with Crippen molar-refractivity contribution in [2.75, 3.05) is 13.6 Å². The first kappa shape index (κ1) is 13.0. The van der Waals surface area contributed by atoms with E-state index in [1.807, 2.05) is 0 Å². The van der Waals surface area contributed by atoms with E-state index in [2.05, 4.69) is 22.9 Å². The van der Waals surface area contributed by atoms with Crippen LogP contribution in [0.3, 0.4) is 0 Å². The van der Waals surface area contributed by atoms with Gasteiger partial charge in [-0.3, -0.25) is 9.59 Å². The third kappa shape index (κ3) is 3.20. The van der Waals surface area contributed by atoms with E-state index in [1.165, 1.54) is 0 Å². The first-order valence-corrected chi connectivity index (χ1v) is 5.81. The predicted octanol–water partition coefficient (Wildman–Crippen LogP) is -0.375. The topological polar surface area (TPSA) is 70.2 Å². The van der Waals surface area contributed by atoms with E-state index in [9.17, 15) is 9.59 Å². The molecule has 0 radical (unpaired) electrons. The fourth-order valence-electron chi connectivity index (χ4n) is 1.99. The maximum Gasteiger partial charge on any atom is 0.242 e. The first-order chi connectivity index (χ1) is 7.56. The van der Waals surface area contributed by atoms with E-state index in [4.69, 9.17) is 0 Å². The van der Waals surface area contributed by atoms with Gasteiger partial charge in [-0.2, -0.15) is 0 Å². The Morgan fingerprint density at radius 1 is 1.44 bits per heavy atom. The Hall–Kier alpha value is -1.10. The van der Waals surface area contributed by atoms with Gasteiger partial charge in [-0.05, 0) is 32.2 Å². The van der Waals surface area contributed by atoms with Crippen molar-refractivity contribution in [1.82, 2.24) is 16.0 Å². The monoisotopic (exact) mass is 227 g/mol. The molecule has 3 atom stereocenters. The number of nitrogens with one attached hydrogen (secondary N) is 3. The predicted molar refractivity (Wildman–Crippen MR) is 61.9 cm³/mol. The van der Waals surface area contributed by atoms with Crippen LogP contribution in [0.25, 0.3) is 0 Å². The standard InChI is InChI=1S/C11H21N3O2/c1-7-5-4-6-13-9(7)11(16)14-8(2)10(15)12-3/h7-9,13H,4-6H2,1-3H3,(H,12,15)(H,14,16). The Balaban J connectivity index is 2.47. The van der Waals surface area contributed by atoms with Crippen LogP contribution in [0, 0.1) is 5.92 Å². The summed E-state index contributed by atoms with van der Waals surface area (Å²) >= 11 is 0. The molecular weight excluding hydrogens is 206 g/mol. The summed E-state index contributed by atoms with van der Waals surface area (Å²) in [6.45, 7) is 4.61. The number of hydrogen-bond acceptors (Lipinski definition) is 3. The summed E-state index contributed by atoms with van der Waals surface area (Å²) in [5.74, 6) is 0.0748. The highest BCUT2D eigenvalue weighted by atomic mass is 16.2. The highest BCUT2D eigenvalue weighted by Crippen LogP contribution is 2.15. The third-order valence-corrected chi connectivity index (χ3v) is 3.05. The molecule has 1 heterocycles. The molecular formula is C11H21N3O2. The third-order valence-electron chi connectivity index (χ3n) is 3.05. The van der Waals surface area contributed by atoms with Crippen LogP contribution in [0.1, 0.15) is 26.7 Å². The largest absolute Gasteiger partial charge is 0.357 e. The lowest BCUT2D eigenvalue weighted by molar-refractivity contribution is -0.130. The Kier molecular flexibility index (Phi) is 4.73. The molecule has 0 spiro atoms. The van der Waals surface area contributed by atoms with Gasteiger partial charge >= 0.3 is 0 Å². The van der Waals surface area contributed by atoms with Crippen LogP contribution in [0.4, 0.5) is 0 Å². The lowest BCUT2D eigenvalue weighted by atomic mass is 9.92. The molecule has 2 amide bonds. The van der Waals surface area contributed by atoms with Crippen LogP contribution < -0.4 is 16.0 Å². The summed E-state index contributed by atoms with van der Waals surface area (Å²) in [5, 5.41) is 8.41. The van der Waals surface area contributed by atoms with Gasteiger partial charge in [0.1, 0.15) is 6.04 Å². The maximum absolute atomic E-state index is 11.9. The second-order valence-electron chi connectivity index (χ2n) is 4.40. The van der Waals surface area contributed by atoms with E-state index in [0.29, 0.717) is 5.92 Å². The summed E-state index contributed by atoms with van der Waals surface area (Å²) < 4.78 is 0. The molecule has 1 rings (SSSR count). The van der Waals surface area contributed by atoms with E-state index in [1.54, 1.807) is 14.0 Å². The number of amides is 2. The van der Waals surface area contributed by atoms with Gasteiger partial charge in [0.15, 0.2) is 0 Å². The van der Waals surface area contributed by atoms with Gasteiger partial charge < -0.3 is 16.0 Å². The molecule has 0 aromatic carbocycles. The van der Waals surface area contributed by atoms with Gasteiger partial charge in [0.05, 0.1) is 6.04 Å². The number of carbonyl (C=O) groups is 2. The molecule has 1 fully saturated rings. The van der Waals surface area contributed by atoms with Crippen molar-refractivity contribution in [2.45, 2.75) is 38.8 Å².